The van der Waals surface area contributed by atoms with E-state index in [1.807, 2.05) is 0 Å². The van der Waals surface area contributed by atoms with E-state index in [2.05, 4.69) is 14.9 Å². The first kappa shape index (κ1) is 17.3. The molecule has 0 aliphatic heterocycles. The van der Waals surface area contributed by atoms with Crippen LogP contribution in [-0.2, 0) is 16.6 Å². The standard InChI is InChI=1S/C13H15F2N3O4S/c1-13(14,15)5-6-23(20,21)16-8-11-17-12(18-22-11)9-3-2-4-10(19)7-9/h2-4,7,16,19H,5-6,8H2,1H3. The van der Waals surface area contributed by atoms with Crippen LogP contribution in [0.25, 0.3) is 11.4 Å². The zero-order chi connectivity index (χ0) is 17.1. The molecule has 0 bridgehead atoms. The minimum Gasteiger partial charge on any atom is -0.508 e. The lowest BCUT2D eigenvalue weighted by atomic mass is 10.2. The van der Waals surface area contributed by atoms with Crippen molar-refractivity contribution in [1.82, 2.24) is 14.9 Å². The van der Waals surface area contributed by atoms with Crippen molar-refractivity contribution in [3.05, 3.63) is 30.2 Å². The number of nitrogens with one attached hydrogen (secondary N) is 1. The van der Waals surface area contributed by atoms with E-state index >= 15 is 0 Å². The number of benzene rings is 1. The molecule has 0 atom stereocenters. The number of aromatic nitrogens is 2. The molecule has 0 saturated carbocycles. The Labute approximate surface area is 131 Å². The molecule has 10 heteroatoms. The maximum atomic E-state index is 12.7. The van der Waals surface area contributed by atoms with Gasteiger partial charge in [0.1, 0.15) is 5.75 Å². The Morgan fingerprint density at radius 2 is 2.13 bits per heavy atom. The summed E-state index contributed by atoms with van der Waals surface area (Å²) < 4.78 is 55.6. The molecule has 126 valence electrons. The van der Waals surface area contributed by atoms with Gasteiger partial charge >= 0.3 is 0 Å². The molecule has 0 fully saturated rings. The first-order valence-corrected chi connectivity index (χ1v) is 8.27. The minimum absolute atomic E-state index is 0.0184. The quantitative estimate of drug-likeness (QED) is 0.792. The Kier molecular flexibility index (Phi) is 4.95. The number of hydrogen-bond acceptors (Lipinski definition) is 6. The van der Waals surface area contributed by atoms with Crippen molar-refractivity contribution in [3.8, 4) is 17.1 Å². The van der Waals surface area contributed by atoms with Crippen molar-refractivity contribution in [2.45, 2.75) is 25.8 Å². The van der Waals surface area contributed by atoms with E-state index in [0.717, 1.165) is 0 Å². The fourth-order valence-corrected chi connectivity index (χ4v) is 2.76. The van der Waals surface area contributed by atoms with Gasteiger partial charge in [0, 0.05) is 12.0 Å². The molecule has 2 rings (SSSR count). The first-order chi connectivity index (χ1) is 10.6. The third-order valence-electron chi connectivity index (χ3n) is 2.83. The highest BCUT2D eigenvalue weighted by Gasteiger charge is 2.25. The molecule has 2 N–H and O–H groups in total. The SMILES string of the molecule is CC(F)(F)CCS(=O)(=O)NCc1nc(-c2cccc(O)c2)no1. The fraction of sp³-hybridized carbons (Fsp3) is 0.385. The van der Waals surface area contributed by atoms with Crippen LogP contribution in [0.1, 0.15) is 19.2 Å². The number of rotatable bonds is 7. The molecule has 0 aliphatic rings. The molecule has 2 aromatic rings. The molecule has 0 spiro atoms. The molecular weight excluding hydrogens is 332 g/mol. The van der Waals surface area contributed by atoms with Gasteiger partial charge in [0.2, 0.25) is 27.7 Å². The lowest BCUT2D eigenvalue weighted by Gasteiger charge is -2.10. The van der Waals surface area contributed by atoms with Crippen LogP contribution < -0.4 is 4.72 Å². The van der Waals surface area contributed by atoms with Gasteiger partial charge in [-0.1, -0.05) is 17.3 Å². The molecule has 0 aliphatic carbocycles. The normalized spacial score (nSPS) is 12.5. The van der Waals surface area contributed by atoms with E-state index < -0.39 is 28.1 Å². The maximum Gasteiger partial charge on any atom is 0.246 e. The van der Waals surface area contributed by atoms with Crippen molar-refractivity contribution in [3.63, 3.8) is 0 Å². The summed E-state index contributed by atoms with van der Waals surface area (Å²) in [6.45, 7) is 0.353. The van der Waals surface area contributed by atoms with Crippen LogP contribution in [0.3, 0.4) is 0 Å². The average molecular weight is 347 g/mol. The lowest BCUT2D eigenvalue weighted by molar-refractivity contribution is 0.0188. The second-order valence-corrected chi connectivity index (χ2v) is 6.95. The van der Waals surface area contributed by atoms with Crippen molar-refractivity contribution in [1.29, 1.82) is 0 Å². The number of halogens is 2. The maximum absolute atomic E-state index is 12.7. The Balaban J connectivity index is 1.97. The molecule has 0 saturated heterocycles. The molecule has 1 aromatic heterocycles. The van der Waals surface area contributed by atoms with Crippen LogP contribution in [0.5, 0.6) is 5.75 Å². The zero-order valence-electron chi connectivity index (χ0n) is 12.2. The van der Waals surface area contributed by atoms with E-state index in [9.17, 15) is 22.3 Å². The van der Waals surface area contributed by atoms with E-state index in [4.69, 9.17) is 4.52 Å². The fourth-order valence-electron chi connectivity index (χ4n) is 1.65. The van der Waals surface area contributed by atoms with Gasteiger partial charge in [-0.2, -0.15) is 4.98 Å². The third-order valence-corrected chi connectivity index (χ3v) is 4.15. The summed E-state index contributed by atoms with van der Waals surface area (Å²) in [6.07, 6.45) is -0.777. The highest BCUT2D eigenvalue weighted by Crippen LogP contribution is 2.20. The molecular formula is C13H15F2N3O4S. The van der Waals surface area contributed by atoms with Crippen molar-refractivity contribution >= 4 is 10.0 Å². The summed E-state index contributed by atoms with van der Waals surface area (Å²) in [7, 11) is -3.87. The summed E-state index contributed by atoms with van der Waals surface area (Å²) in [5.41, 5.74) is 0.494. The van der Waals surface area contributed by atoms with Crippen molar-refractivity contribution in [2.24, 2.45) is 0 Å². The van der Waals surface area contributed by atoms with E-state index in [0.29, 0.717) is 12.5 Å². The molecule has 1 aromatic carbocycles. The Bertz CT molecular complexity index is 772. The topological polar surface area (TPSA) is 105 Å². The second kappa shape index (κ2) is 6.59. The monoisotopic (exact) mass is 347 g/mol. The van der Waals surface area contributed by atoms with E-state index in [1.54, 1.807) is 12.1 Å². The predicted molar refractivity (Wildman–Crippen MR) is 77.3 cm³/mol. The molecule has 0 unspecified atom stereocenters. The summed E-state index contributed by atoms with van der Waals surface area (Å²) in [5.74, 6) is -3.58. The Hall–Kier alpha value is -2.07. The summed E-state index contributed by atoms with van der Waals surface area (Å²) in [6, 6.07) is 6.13. The highest BCUT2D eigenvalue weighted by atomic mass is 32.2. The third kappa shape index (κ3) is 5.57. The Morgan fingerprint density at radius 3 is 2.78 bits per heavy atom. The predicted octanol–water partition coefficient (Wildman–Crippen LogP) is 1.91. The van der Waals surface area contributed by atoms with Gasteiger partial charge in [-0.05, 0) is 19.1 Å². The van der Waals surface area contributed by atoms with Crippen LogP contribution in [0, 0.1) is 0 Å². The van der Waals surface area contributed by atoms with Gasteiger partial charge in [-0.15, -0.1) is 0 Å². The van der Waals surface area contributed by atoms with E-state index in [-0.39, 0.29) is 24.0 Å². The van der Waals surface area contributed by atoms with Gasteiger partial charge in [0.05, 0.1) is 12.3 Å². The van der Waals surface area contributed by atoms with Crippen LogP contribution in [0.15, 0.2) is 28.8 Å². The number of hydrogen-bond donors (Lipinski definition) is 2. The zero-order valence-corrected chi connectivity index (χ0v) is 13.0. The molecule has 1 heterocycles. The van der Waals surface area contributed by atoms with Crippen LogP contribution in [0.2, 0.25) is 0 Å². The van der Waals surface area contributed by atoms with Crippen LogP contribution in [-0.4, -0.2) is 35.3 Å². The number of alkyl halides is 2. The van der Waals surface area contributed by atoms with Gasteiger partial charge < -0.3 is 9.63 Å². The number of aromatic hydroxyl groups is 1. The van der Waals surface area contributed by atoms with Gasteiger partial charge in [0.25, 0.3) is 0 Å². The summed E-state index contributed by atoms with van der Waals surface area (Å²) in [4.78, 5) is 3.97. The van der Waals surface area contributed by atoms with Crippen LogP contribution >= 0.6 is 0 Å². The second-order valence-electron chi connectivity index (χ2n) is 5.02. The molecule has 0 amide bonds. The summed E-state index contributed by atoms with van der Waals surface area (Å²) in [5, 5.41) is 13.0. The van der Waals surface area contributed by atoms with Gasteiger partial charge in [0.15, 0.2) is 0 Å². The molecule has 0 radical (unpaired) electrons. The number of nitrogens with zero attached hydrogens (tertiary/aromatic N) is 2. The average Bonchev–Trinajstić information content (AvgIpc) is 2.92. The Morgan fingerprint density at radius 1 is 1.39 bits per heavy atom. The van der Waals surface area contributed by atoms with Gasteiger partial charge in [-0.3, -0.25) is 0 Å². The minimum atomic E-state index is -3.87. The van der Waals surface area contributed by atoms with Crippen LogP contribution in [0.4, 0.5) is 8.78 Å². The summed E-state index contributed by atoms with van der Waals surface area (Å²) >= 11 is 0. The number of sulfonamides is 1. The number of phenolic OH excluding ortho intramolecular Hbond substituents is 1. The first-order valence-electron chi connectivity index (χ1n) is 6.62. The van der Waals surface area contributed by atoms with Gasteiger partial charge in [-0.25, -0.2) is 21.9 Å². The highest BCUT2D eigenvalue weighted by molar-refractivity contribution is 7.89. The smallest absolute Gasteiger partial charge is 0.246 e. The largest absolute Gasteiger partial charge is 0.508 e. The number of phenols is 1. The van der Waals surface area contributed by atoms with E-state index in [1.165, 1.54) is 12.1 Å². The molecule has 7 nitrogen and oxygen atoms in total. The van der Waals surface area contributed by atoms with Crippen molar-refractivity contribution < 1.29 is 26.8 Å². The molecule has 23 heavy (non-hydrogen) atoms. The lowest BCUT2D eigenvalue weighted by Crippen LogP contribution is -2.28. The van der Waals surface area contributed by atoms with Crippen molar-refractivity contribution in [2.75, 3.05) is 5.75 Å².